The van der Waals surface area contributed by atoms with Crippen molar-refractivity contribution in [3.63, 3.8) is 0 Å². The van der Waals surface area contributed by atoms with Crippen molar-refractivity contribution in [2.24, 2.45) is 0 Å². The molecule has 0 spiro atoms. The van der Waals surface area contributed by atoms with E-state index in [9.17, 15) is 23.3 Å². The van der Waals surface area contributed by atoms with Crippen molar-refractivity contribution in [1.29, 1.82) is 0 Å². The third-order valence-corrected chi connectivity index (χ3v) is 7.11. The second kappa shape index (κ2) is 8.11. The predicted molar refractivity (Wildman–Crippen MR) is 108 cm³/mol. The number of anilines is 1. The van der Waals surface area contributed by atoms with E-state index >= 15 is 0 Å². The fraction of sp³-hybridized carbons (Fsp3) is 0.176. The van der Waals surface area contributed by atoms with Gasteiger partial charge in [-0.1, -0.05) is 6.07 Å². The molecule has 2 aromatic heterocycles. The largest absolute Gasteiger partial charge is 0.309 e. The molecule has 29 heavy (non-hydrogen) atoms. The molecule has 0 bridgehead atoms. The molecule has 0 radical (unpaired) electrons. The molecule has 0 aliphatic rings. The van der Waals surface area contributed by atoms with Crippen LogP contribution >= 0.6 is 11.3 Å². The first-order chi connectivity index (χ1) is 13.7. The second-order valence-corrected chi connectivity index (χ2v) is 9.32. The molecule has 12 heteroatoms. The number of thiophene rings is 1. The Morgan fingerprint density at radius 2 is 2.00 bits per heavy atom. The molecule has 1 N–H and O–H groups in total. The molecule has 0 unspecified atom stereocenters. The quantitative estimate of drug-likeness (QED) is 0.448. The number of nitrogens with one attached hydrogen (secondary N) is 1. The maximum atomic E-state index is 12.4. The summed E-state index contributed by atoms with van der Waals surface area (Å²) in [5.41, 5.74) is 1.06. The Morgan fingerprint density at radius 1 is 1.31 bits per heavy atom. The number of hydrogen-bond donors (Lipinski definition) is 1. The number of benzene rings is 1. The summed E-state index contributed by atoms with van der Waals surface area (Å²) >= 11 is 1.07. The molecule has 10 nitrogen and oxygen atoms in total. The van der Waals surface area contributed by atoms with E-state index in [2.05, 4.69) is 10.4 Å². The van der Waals surface area contributed by atoms with Gasteiger partial charge < -0.3 is 5.32 Å². The van der Waals surface area contributed by atoms with Gasteiger partial charge in [0.15, 0.2) is 0 Å². The Hall–Kier alpha value is -3.09. The van der Waals surface area contributed by atoms with Crippen molar-refractivity contribution >= 4 is 38.8 Å². The van der Waals surface area contributed by atoms with Gasteiger partial charge in [-0.15, -0.1) is 11.3 Å². The summed E-state index contributed by atoms with van der Waals surface area (Å²) in [7, 11) is -2.42. The smallest absolute Gasteiger partial charge is 0.269 e. The highest BCUT2D eigenvalue weighted by Crippen LogP contribution is 2.21. The Bertz CT molecular complexity index is 1140. The number of nitrogens with zero attached hydrogens (tertiary/aromatic N) is 4. The molecular formula is C17H17N5O5S2. The lowest BCUT2D eigenvalue weighted by atomic mass is 10.3. The van der Waals surface area contributed by atoms with Crippen LogP contribution in [0.4, 0.5) is 11.5 Å². The SMILES string of the molecule is Cc1cc(NC(=O)CN(C)S(=O)(=O)c2cccs2)n(-c2ccc([N+](=O)[O-])cc2)n1. The van der Waals surface area contributed by atoms with E-state index < -0.39 is 20.9 Å². The van der Waals surface area contributed by atoms with Gasteiger partial charge in [-0.05, 0) is 30.5 Å². The van der Waals surface area contributed by atoms with Gasteiger partial charge in [-0.3, -0.25) is 14.9 Å². The van der Waals surface area contributed by atoms with E-state index in [0.717, 1.165) is 15.6 Å². The minimum absolute atomic E-state index is 0.0661. The summed E-state index contributed by atoms with van der Waals surface area (Å²) in [6.07, 6.45) is 0. The average molecular weight is 435 g/mol. The Morgan fingerprint density at radius 3 is 2.59 bits per heavy atom. The molecule has 1 amide bonds. The fourth-order valence-electron chi connectivity index (χ4n) is 2.53. The van der Waals surface area contributed by atoms with Crippen LogP contribution in [0.3, 0.4) is 0 Å². The Balaban J connectivity index is 1.77. The van der Waals surface area contributed by atoms with Crippen LogP contribution < -0.4 is 5.32 Å². The zero-order chi connectivity index (χ0) is 21.2. The number of hydrogen-bond acceptors (Lipinski definition) is 7. The van der Waals surface area contributed by atoms with Gasteiger partial charge in [-0.2, -0.15) is 9.40 Å². The third-order valence-electron chi connectivity index (χ3n) is 3.93. The average Bonchev–Trinajstić information content (AvgIpc) is 3.32. The molecule has 1 aromatic carbocycles. The number of nitro groups is 1. The van der Waals surface area contributed by atoms with Crippen molar-refractivity contribution in [1.82, 2.24) is 14.1 Å². The molecular weight excluding hydrogens is 418 g/mol. The lowest BCUT2D eigenvalue weighted by molar-refractivity contribution is -0.384. The van der Waals surface area contributed by atoms with Gasteiger partial charge in [0.05, 0.1) is 22.8 Å². The van der Waals surface area contributed by atoms with Crippen molar-refractivity contribution in [2.45, 2.75) is 11.1 Å². The van der Waals surface area contributed by atoms with Crippen molar-refractivity contribution in [3.8, 4) is 5.69 Å². The number of aromatic nitrogens is 2. The summed E-state index contributed by atoms with van der Waals surface area (Å²) in [6.45, 7) is 1.34. The number of non-ortho nitro benzene ring substituents is 1. The van der Waals surface area contributed by atoms with Gasteiger partial charge in [-0.25, -0.2) is 13.1 Å². The molecule has 0 saturated heterocycles. The monoisotopic (exact) mass is 435 g/mol. The van der Waals surface area contributed by atoms with Crippen LogP contribution in [0, 0.1) is 17.0 Å². The van der Waals surface area contributed by atoms with Crippen LogP contribution in [0.2, 0.25) is 0 Å². The molecule has 3 aromatic rings. The number of aryl methyl sites for hydroxylation is 1. The van der Waals surface area contributed by atoms with Gasteiger partial charge in [0.25, 0.3) is 15.7 Å². The minimum Gasteiger partial charge on any atom is -0.309 e. The summed E-state index contributed by atoms with van der Waals surface area (Å²) in [4.78, 5) is 22.7. The normalized spacial score (nSPS) is 11.6. The van der Waals surface area contributed by atoms with Crippen LogP contribution in [0.15, 0.2) is 52.1 Å². The molecule has 2 heterocycles. The lowest BCUT2D eigenvalue weighted by Gasteiger charge is -2.16. The number of nitro benzene ring substituents is 1. The van der Waals surface area contributed by atoms with Gasteiger partial charge in [0.1, 0.15) is 10.0 Å². The summed E-state index contributed by atoms with van der Waals surface area (Å²) in [5.74, 6) is -0.223. The first-order valence-corrected chi connectivity index (χ1v) is 10.6. The second-order valence-electron chi connectivity index (χ2n) is 6.10. The molecule has 152 valence electrons. The Labute approximate surface area is 170 Å². The highest BCUT2D eigenvalue weighted by atomic mass is 32.2. The highest BCUT2D eigenvalue weighted by molar-refractivity contribution is 7.91. The summed E-state index contributed by atoms with van der Waals surface area (Å²) < 4.78 is 27.4. The number of likely N-dealkylation sites (N-methyl/N-ethyl adjacent to an activating group) is 1. The third kappa shape index (κ3) is 4.50. The number of rotatable bonds is 7. The van der Waals surface area contributed by atoms with Gasteiger partial charge in [0, 0.05) is 25.2 Å². The number of carbonyl (C=O) groups is 1. The minimum atomic E-state index is -3.75. The molecule has 0 fully saturated rings. The van der Waals surface area contributed by atoms with Crippen LogP contribution in [0.1, 0.15) is 5.69 Å². The van der Waals surface area contributed by atoms with Crippen LogP contribution in [0.5, 0.6) is 0 Å². The predicted octanol–water partition coefficient (Wildman–Crippen LogP) is 2.41. The van der Waals surface area contributed by atoms with E-state index in [1.807, 2.05) is 0 Å². The van der Waals surface area contributed by atoms with E-state index in [1.165, 1.54) is 42.1 Å². The highest BCUT2D eigenvalue weighted by Gasteiger charge is 2.24. The topological polar surface area (TPSA) is 127 Å². The van der Waals surface area contributed by atoms with Crippen molar-refractivity contribution in [2.75, 3.05) is 18.9 Å². The van der Waals surface area contributed by atoms with Gasteiger partial charge >= 0.3 is 0 Å². The lowest BCUT2D eigenvalue weighted by Crippen LogP contribution is -2.35. The molecule has 0 saturated carbocycles. The van der Waals surface area contributed by atoms with E-state index in [-0.39, 0.29) is 16.4 Å². The molecule has 0 aliphatic heterocycles. The zero-order valence-electron chi connectivity index (χ0n) is 15.5. The van der Waals surface area contributed by atoms with Crippen LogP contribution in [0.25, 0.3) is 5.69 Å². The fourth-order valence-corrected chi connectivity index (χ4v) is 4.86. The maximum absolute atomic E-state index is 12.4. The first-order valence-electron chi connectivity index (χ1n) is 8.29. The standard InChI is InChI=1S/C17H17N5O5S2/c1-12-10-15(21(19-12)13-5-7-14(8-6-13)22(24)25)18-16(23)11-20(2)29(26,27)17-4-3-9-28-17/h3-10H,11H2,1-2H3,(H,18,23). The van der Waals surface area contributed by atoms with Crippen LogP contribution in [-0.2, 0) is 14.8 Å². The summed E-state index contributed by atoms with van der Waals surface area (Å²) in [6, 6.07) is 10.4. The van der Waals surface area contributed by atoms with Gasteiger partial charge in [0.2, 0.25) is 5.91 Å². The molecule has 0 aliphatic carbocycles. The molecule has 3 rings (SSSR count). The molecule has 0 atom stereocenters. The van der Waals surface area contributed by atoms with E-state index in [1.54, 1.807) is 24.4 Å². The maximum Gasteiger partial charge on any atom is 0.269 e. The van der Waals surface area contributed by atoms with Crippen molar-refractivity contribution in [3.05, 3.63) is 63.7 Å². The number of carbonyl (C=O) groups excluding carboxylic acids is 1. The number of sulfonamides is 1. The first kappa shape index (κ1) is 20.6. The Kier molecular flexibility index (Phi) is 5.77. The van der Waals surface area contributed by atoms with E-state index in [4.69, 9.17) is 0 Å². The summed E-state index contributed by atoms with van der Waals surface area (Å²) in [5, 5.41) is 19.4. The van der Waals surface area contributed by atoms with Crippen LogP contribution in [-0.4, -0.2) is 46.9 Å². The van der Waals surface area contributed by atoms with Crippen molar-refractivity contribution < 1.29 is 18.1 Å². The zero-order valence-corrected chi connectivity index (χ0v) is 17.1. The number of amides is 1. The van der Waals surface area contributed by atoms with E-state index in [0.29, 0.717) is 17.2 Å².